The number of hydrogen-bond donors (Lipinski definition) is 7. The Balaban J connectivity index is 1.41. The minimum absolute atomic E-state index is 0.110. The Bertz CT molecular complexity index is 1080. The summed E-state index contributed by atoms with van der Waals surface area (Å²) in [5, 5.41) is 25.5. The van der Waals surface area contributed by atoms with Crippen molar-refractivity contribution < 1.29 is 4.79 Å². The minimum Gasteiger partial charge on any atom is -0.357 e. The second-order valence-corrected chi connectivity index (χ2v) is 7.41. The van der Waals surface area contributed by atoms with Gasteiger partial charge in [0, 0.05) is 41.1 Å². The van der Waals surface area contributed by atoms with Crippen LogP contribution in [0.15, 0.2) is 73.6 Å². The predicted molar refractivity (Wildman–Crippen MR) is 127 cm³/mol. The zero-order valence-corrected chi connectivity index (χ0v) is 17.9. The van der Waals surface area contributed by atoms with Crippen LogP contribution in [-0.2, 0) is 11.3 Å². The third-order valence-corrected chi connectivity index (χ3v) is 5.16. The van der Waals surface area contributed by atoms with Crippen LogP contribution >= 0.6 is 0 Å². The van der Waals surface area contributed by atoms with E-state index in [1.807, 2.05) is 61.8 Å². The molecule has 3 aromatic rings. The lowest BCUT2D eigenvalue weighted by molar-refractivity contribution is -0.111. The summed E-state index contributed by atoms with van der Waals surface area (Å²) in [5.41, 5.74) is 2.79. The van der Waals surface area contributed by atoms with Gasteiger partial charge in [0.1, 0.15) is 18.9 Å². The second kappa shape index (κ2) is 10.3. The van der Waals surface area contributed by atoms with Gasteiger partial charge in [0.15, 0.2) is 0 Å². The van der Waals surface area contributed by atoms with Crippen LogP contribution < -0.4 is 37.2 Å². The van der Waals surface area contributed by atoms with Gasteiger partial charge in [0.2, 0.25) is 5.91 Å². The van der Waals surface area contributed by atoms with Crippen LogP contribution in [0.4, 0.5) is 11.4 Å². The number of fused-ring (bicyclic) bond motifs is 1. The van der Waals surface area contributed by atoms with Gasteiger partial charge in [-0.15, -0.1) is 0 Å². The fraction of sp³-hybridized carbons (Fsp3) is 0.217. The summed E-state index contributed by atoms with van der Waals surface area (Å²) >= 11 is 0. The van der Waals surface area contributed by atoms with E-state index in [0.717, 1.165) is 27.7 Å². The first kappa shape index (κ1) is 21.9. The Morgan fingerprint density at radius 2 is 1.91 bits per heavy atom. The summed E-state index contributed by atoms with van der Waals surface area (Å²) in [5.74, 6) is -0.230. The molecule has 3 atom stereocenters. The van der Waals surface area contributed by atoms with E-state index in [0.29, 0.717) is 6.54 Å². The molecule has 32 heavy (non-hydrogen) atoms. The normalized spacial score (nSPS) is 20.6. The van der Waals surface area contributed by atoms with Gasteiger partial charge in [-0.1, -0.05) is 30.8 Å². The first-order chi connectivity index (χ1) is 15.6. The maximum absolute atomic E-state index is 11.5. The number of amides is 1. The highest BCUT2D eigenvalue weighted by Gasteiger charge is 2.25. The van der Waals surface area contributed by atoms with Crippen LogP contribution in [-0.4, -0.2) is 36.8 Å². The lowest BCUT2D eigenvalue weighted by Gasteiger charge is -2.39. The van der Waals surface area contributed by atoms with Crippen LogP contribution in [0.25, 0.3) is 10.8 Å². The first-order valence-corrected chi connectivity index (χ1v) is 10.4. The Labute approximate surface area is 187 Å². The predicted octanol–water partition coefficient (Wildman–Crippen LogP) is 1.41. The molecule has 0 saturated carbocycles. The van der Waals surface area contributed by atoms with Crippen LogP contribution in [0.2, 0.25) is 0 Å². The maximum Gasteiger partial charge on any atom is 0.247 e. The van der Waals surface area contributed by atoms with Gasteiger partial charge in [-0.25, -0.2) is 0 Å². The molecule has 9 heteroatoms. The first-order valence-electron chi connectivity index (χ1n) is 10.4. The summed E-state index contributed by atoms with van der Waals surface area (Å²) < 4.78 is 0. The zero-order chi connectivity index (χ0) is 22.3. The van der Waals surface area contributed by atoms with Gasteiger partial charge in [-0.05, 0) is 43.0 Å². The highest BCUT2D eigenvalue weighted by molar-refractivity contribution is 5.98. The van der Waals surface area contributed by atoms with Crippen molar-refractivity contribution in [2.24, 2.45) is 0 Å². The molecule has 1 aliphatic heterocycles. The molecule has 1 aromatic heterocycles. The molecule has 2 aromatic carbocycles. The number of nitrogens with one attached hydrogen (secondary N) is 7. The molecular weight excluding hydrogens is 404 g/mol. The molecule has 2 heterocycles. The second-order valence-electron chi connectivity index (χ2n) is 7.41. The van der Waals surface area contributed by atoms with E-state index in [2.05, 4.69) is 48.8 Å². The van der Waals surface area contributed by atoms with Crippen molar-refractivity contribution in [3.63, 3.8) is 0 Å². The van der Waals surface area contributed by atoms with E-state index in [-0.39, 0.29) is 24.8 Å². The van der Waals surface area contributed by atoms with Crippen molar-refractivity contribution >= 4 is 28.1 Å². The van der Waals surface area contributed by atoms with Gasteiger partial charge in [-0.2, -0.15) is 0 Å². The topological polar surface area (TPSA) is 114 Å². The van der Waals surface area contributed by atoms with Gasteiger partial charge in [0.05, 0.1) is 0 Å². The molecule has 1 fully saturated rings. The Hall–Kier alpha value is -3.34. The number of anilines is 2. The molecule has 0 bridgehead atoms. The highest BCUT2D eigenvalue weighted by Crippen LogP contribution is 2.22. The summed E-state index contributed by atoms with van der Waals surface area (Å²) in [6, 6.07) is 15.8. The lowest BCUT2D eigenvalue weighted by Crippen LogP contribution is -2.75. The standard InChI is InChI=1S/C23H28N8O/c1-3-20(32)27-17-8-4-6-15(12-17)13-26-22-29-21(24-2)30-23(31-22)28-19-9-5-7-16-14-25-11-10-18(16)19/h3-12,14,21-24,26,28-31H,1,13H2,2H3,(H,27,32). The van der Waals surface area contributed by atoms with Gasteiger partial charge < -0.3 is 10.6 Å². The summed E-state index contributed by atoms with van der Waals surface area (Å²) in [4.78, 5) is 15.7. The van der Waals surface area contributed by atoms with E-state index in [1.54, 1.807) is 6.20 Å². The summed E-state index contributed by atoms with van der Waals surface area (Å²) in [6.07, 6.45) is 4.43. The van der Waals surface area contributed by atoms with Crippen molar-refractivity contribution in [3.8, 4) is 0 Å². The smallest absolute Gasteiger partial charge is 0.247 e. The number of nitrogens with zero attached hydrogens (tertiary/aromatic N) is 1. The molecule has 1 aliphatic rings. The van der Waals surface area contributed by atoms with Crippen LogP contribution in [0.3, 0.4) is 0 Å². The monoisotopic (exact) mass is 432 g/mol. The molecule has 0 spiro atoms. The van der Waals surface area contributed by atoms with Crippen molar-refractivity contribution in [3.05, 3.63) is 79.1 Å². The summed E-state index contributed by atoms with van der Waals surface area (Å²) in [6.45, 7) is 4.09. The number of benzene rings is 2. The van der Waals surface area contributed by atoms with Crippen LogP contribution in [0, 0.1) is 0 Å². The SMILES string of the molecule is C=CC(=O)Nc1cccc(CNC2NC(NC)NC(Nc3cccc4cnccc34)N2)c1. The fourth-order valence-corrected chi connectivity index (χ4v) is 3.59. The molecule has 0 aliphatic carbocycles. The maximum atomic E-state index is 11.5. The molecule has 1 saturated heterocycles. The third kappa shape index (κ3) is 5.47. The molecule has 166 valence electrons. The zero-order valence-electron chi connectivity index (χ0n) is 17.9. The molecule has 7 N–H and O–H groups in total. The van der Waals surface area contributed by atoms with Crippen LogP contribution in [0.1, 0.15) is 5.56 Å². The average molecular weight is 433 g/mol. The van der Waals surface area contributed by atoms with E-state index >= 15 is 0 Å². The average Bonchev–Trinajstić information content (AvgIpc) is 2.83. The molecule has 4 rings (SSSR count). The molecular formula is C23H28N8O. The Morgan fingerprint density at radius 3 is 2.75 bits per heavy atom. The van der Waals surface area contributed by atoms with Crippen molar-refractivity contribution in [2.45, 2.75) is 25.4 Å². The number of hydrogen-bond acceptors (Lipinski definition) is 8. The number of carbonyl (C=O) groups is 1. The van der Waals surface area contributed by atoms with Crippen LogP contribution in [0.5, 0.6) is 0 Å². The Morgan fingerprint density at radius 1 is 1.09 bits per heavy atom. The number of aromatic nitrogens is 1. The van der Waals surface area contributed by atoms with Crippen molar-refractivity contribution in [1.82, 2.24) is 31.6 Å². The van der Waals surface area contributed by atoms with Crippen molar-refractivity contribution in [2.75, 3.05) is 17.7 Å². The van der Waals surface area contributed by atoms with Gasteiger partial charge in [-0.3, -0.25) is 36.4 Å². The quantitative estimate of drug-likeness (QED) is 0.268. The fourth-order valence-electron chi connectivity index (χ4n) is 3.59. The van der Waals surface area contributed by atoms with E-state index < -0.39 is 0 Å². The molecule has 9 nitrogen and oxygen atoms in total. The molecule has 3 unspecified atom stereocenters. The number of pyridine rings is 1. The molecule has 0 radical (unpaired) electrons. The number of rotatable bonds is 8. The highest BCUT2D eigenvalue weighted by atomic mass is 16.1. The lowest BCUT2D eigenvalue weighted by atomic mass is 10.1. The van der Waals surface area contributed by atoms with E-state index in [9.17, 15) is 4.79 Å². The minimum atomic E-state index is -0.230. The van der Waals surface area contributed by atoms with Gasteiger partial charge in [0.25, 0.3) is 0 Å². The number of carbonyl (C=O) groups excluding carboxylic acids is 1. The largest absolute Gasteiger partial charge is 0.357 e. The van der Waals surface area contributed by atoms with E-state index in [1.165, 1.54) is 6.08 Å². The van der Waals surface area contributed by atoms with E-state index in [4.69, 9.17) is 0 Å². The third-order valence-electron chi connectivity index (χ3n) is 5.16. The van der Waals surface area contributed by atoms with Crippen molar-refractivity contribution in [1.29, 1.82) is 0 Å². The Kier molecular flexibility index (Phi) is 7.05. The van der Waals surface area contributed by atoms with Gasteiger partial charge >= 0.3 is 0 Å². The summed E-state index contributed by atoms with van der Waals surface area (Å²) in [7, 11) is 1.89. The molecule has 1 amide bonds.